The SMILES string of the molecule is CC(C)COC(=O)N[C@H]1CC[C@@H](Oc2cc(N3CCOCC3)cc3nccnc23)CC1. The van der Waals surface area contributed by atoms with Gasteiger partial charge in [-0.1, -0.05) is 13.8 Å². The van der Waals surface area contributed by atoms with Crippen LogP contribution in [-0.4, -0.2) is 61.1 Å². The summed E-state index contributed by atoms with van der Waals surface area (Å²) in [6.07, 6.45) is 6.67. The highest BCUT2D eigenvalue weighted by Crippen LogP contribution is 2.33. The van der Waals surface area contributed by atoms with Gasteiger partial charge in [0.25, 0.3) is 0 Å². The highest BCUT2D eigenvalue weighted by molar-refractivity contribution is 5.85. The van der Waals surface area contributed by atoms with Crippen molar-refractivity contribution < 1.29 is 19.0 Å². The normalized spacial score (nSPS) is 21.8. The fraction of sp³-hybridized carbons (Fsp3) is 0.609. The van der Waals surface area contributed by atoms with Gasteiger partial charge in [0.2, 0.25) is 0 Å². The maximum Gasteiger partial charge on any atom is 0.407 e. The molecule has 2 fully saturated rings. The molecule has 0 unspecified atom stereocenters. The Bertz CT molecular complexity index is 877. The number of hydrogen-bond donors (Lipinski definition) is 1. The van der Waals surface area contributed by atoms with Crippen LogP contribution in [0, 0.1) is 5.92 Å². The first-order chi connectivity index (χ1) is 15.1. The van der Waals surface area contributed by atoms with Gasteiger partial charge in [-0.15, -0.1) is 0 Å². The third-order valence-corrected chi connectivity index (χ3v) is 5.74. The highest BCUT2D eigenvalue weighted by atomic mass is 16.5. The van der Waals surface area contributed by atoms with Crippen molar-refractivity contribution in [3.8, 4) is 5.75 Å². The number of fused-ring (bicyclic) bond motifs is 1. The Kier molecular flexibility index (Phi) is 7.06. The summed E-state index contributed by atoms with van der Waals surface area (Å²) < 4.78 is 17.2. The molecule has 1 aromatic carbocycles. The molecule has 8 nitrogen and oxygen atoms in total. The Morgan fingerprint density at radius 3 is 2.65 bits per heavy atom. The van der Waals surface area contributed by atoms with Gasteiger partial charge in [0.1, 0.15) is 11.3 Å². The second-order valence-corrected chi connectivity index (χ2v) is 8.70. The van der Waals surface area contributed by atoms with Crippen LogP contribution < -0.4 is 15.0 Å². The molecule has 4 rings (SSSR count). The molecule has 2 aromatic rings. The maximum absolute atomic E-state index is 11.9. The monoisotopic (exact) mass is 428 g/mol. The number of amides is 1. The maximum atomic E-state index is 11.9. The van der Waals surface area contributed by atoms with Crippen LogP contribution in [0.5, 0.6) is 5.75 Å². The van der Waals surface area contributed by atoms with Crippen molar-refractivity contribution in [2.24, 2.45) is 5.92 Å². The van der Waals surface area contributed by atoms with Crippen molar-refractivity contribution in [3.05, 3.63) is 24.5 Å². The summed E-state index contributed by atoms with van der Waals surface area (Å²) in [5.41, 5.74) is 2.72. The number of nitrogens with one attached hydrogen (secondary N) is 1. The van der Waals surface area contributed by atoms with Crippen molar-refractivity contribution >= 4 is 22.8 Å². The average Bonchev–Trinajstić information content (AvgIpc) is 2.79. The number of morpholine rings is 1. The molecule has 1 amide bonds. The van der Waals surface area contributed by atoms with Gasteiger partial charge in [-0.05, 0) is 37.7 Å². The van der Waals surface area contributed by atoms with E-state index in [4.69, 9.17) is 14.2 Å². The van der Waals surface area contributed by atoms with Crippen LogP contribution >= 0.6 is 0 Å². The zero-order valence-corrected chi connectivity index (χ0v) is 18.4. The number of aromatic nitrogens is 2. The summed E-state index contributed by atoms with van der Waals surface area (Å²) in [5.74, 6) is 1.11. The van der Waals surface area contributed by atoms with Gasteiger partial charge in [-0.2, -0.15) is 0 Å². The van der Waals surface area contributed by atoms with E-state index >= 15 is 0 Å². The molecule has 1 saturated heterocycles. The lowest BCUT2D eigenvalue weighted by Crippen LogP contribution is -2.40. The van der Waals surface area contributed by atoms with E-state index < -0.39 is 0 Å². The minimum Gasteiger partial charge on any atom is -0.488 e. The van der Waals surface area contributed by atoms with Crippen molar-refractivity contribution in [1.29, 1.82) is 0 Å². The van der Waals surface area contributed by atoms with E-state index in [2.05, 4.69) is 32.3 Å². The summed E-state index contributed by atoms with van der Waals surface area (Å²) in [7, 11) is 0. The molecule has 2 heterocycles. The largest absolute Gasteiger partial charge is 0.488 e. The fourth-order valence-corrected chi connectivity index (χ4v) is 4.08. The Labute approximate surface area is 183 Å². The predicted octanol–water partition coefficient (Wildman–Crippen LogP) is 3.54. The lowest BCUT2D eigenvalue weighted by Gasteiger charge is -2.31. The van der Waals surface area contributed by atoms with E-state index in [0.717, 1.165) is 74.5 Å². The molecule has 1 aliphatic heterocycles. The fourth-order valence-electron chi connectivity index (χ4n) is 4.08. The highest BCUT2D eigenvalue weighted by Gasteiger charge is 2.25. The smallest absolute Gasteiger partial charge is 0.407 e. The zero-order chi connectivity index (χ0) is 21.6. The third kappa shape index (κ3) is 5.76. The number of nitrogens with zero attached hydrogens (tertiary/aromatic N) is 3. The summed E-state index contributed by atoms with van der Waals surface area (Å²) >= 11 is 0. The molecule has 1 aromatic heterocycles. The van der Waals surface area contributed by atoms with E-state index in [1.807, 2.05) is 13.8 Å². The summed E-state index contributed by atoms with van der Waals surface area (Å²) in [6, 6.07) is 4.29. The van der Waals surface area contributed by atoms with Gasteiger partial charge in [0.15, 0.2) is 0 Å². The van der Waals surface area contributed by atoms with Gasteiger partial charge in [0, 0.05) is 43.3 Å². The standard InChI is InChI=1S/C23H32N4O4/c1-16(2)15-30-23(28)26-17-3-5-19(6-4-17)31-21-14-18(27-9-11-29-12-10-27)13-20-22(21)25-8-7-24-20/h7-8,13-14,16-17,19H,3-6,9-12,15H2,1-2H3,(H,26,28)/t17-,19+. The van der Waals surface area contributed by atoms with Crippen LogP contribution in [-0.2, 0) is 9.47 Å². The van der Waals surface area contributed by atoms with Crippen LogP contribution in [0.1, 0.15) is 39.5 Å². The van der Waals surface area contributed by atoms with Gasteiger partial charge in [-0.3, -0.25) is 4.98 Å². The lowest BCUT2D eigenvalue weighted by molar-refractivity contribution is 0.113. The molecule has 1 saturated carbocycles. The van der Waals surface area contributed by atoms with Gasteiger partial charge >= 0.3 is 6.09 Å². The van der Waals surface area contributed by atoms with Crippen molar-refractivity contribution in [3.63, 3.8) is 0 Å². The lowest BCUT2D eigenvalue weighted by atomic mass is 9.93. The molecule has 1 aliphatic carbocycles. The van der Waals surface area contributed by atoms with Crippen molar-refractivity contribution in [2.45, 2.75) is 51.7 Å². The molecule has 168 valence electrons. The van der Waals surface area contributed by atoms with Crippen molar-refractivity contribution in [2.75, 3.05) is 37.8 Å². The van der Waals surface area contributed by atoms with Gasteiger partial charge in [-0.25, -0.2) is 9.78 Å². The minimum atomic E-state index is -0.322. The van der Waals surface area contributed by atoms with E-state index in [1.54, 1.807) is 12.4 Å². The molecule has 1 N–H and O–H groups in total. The molecule has 0 spiro atoms. The minimum absolute atomic E-state index is 0.0925. The number of anilines is 1. The van der Waals surface area contributed by atoms with Crippen LogP contribution in [0.2, 0.25) is 0 Å². The van der Waals surface area contributed by atoms with Crippen molar-refractivity contribution in [1.82, 2.24) is 15.3 Å². The number of alkyl carbamates (subject to hydrolysis) is 1. The molecular formula is C23H32N4O4. The molecule has 31 heavy (non-hydrogen) atoms. The van der Waals surface area contributed by atoms with Crippen LogP contribution in [0.25, 0.3) is 11.0 Å². The second-order valence-electron chi connectivity index (χ2n) is 8.70. The van der Waals surface area contributed by atoms with Crippen LogP contribution in [0.3, 0.4) is 0 Å². The molecular weight excluding hydrogens is 396 g/mol. The second kappa shape index (κ2) is 10.1. The van der Waals surface area contributed by atoms with Crippen LogP contribution in [0.15, 0.2) is 24.5 Å². The van der Waals surface area contributed by atoms with Crippen LogP contribution in [0.4, 0.5) is 10.5 Å². The topological polar surface area (TPSA) is 85.8 Å². The van der Waals surface area contributed by atoms with Gasteiger partial charge < -0.3 is 24.4 Å². The van der Waals surface area contributed by atoms with Gasteiger partial charge in [0.05, 0.1) is 31.4 Å². The Morgan fingerprint density at radius 1 is 1.16 bits per heavy atom. The predicted molar refractivity (Wildman–Crippen MR) is 119 cm³/mol. The first-order valence-electron chi connectivity index (χ1n) is 11.3. The quantitative estimate of drug-likeness (QED) is 0.753. The summed E-state index contributed by atoms with van der Waals surface area (Å²) in [4.78, 5) is 23.2. The number of ether oxygens (including phenoxy) is 3. The number of carbonyl (C=O) groups is 1. The molecule has 0 radical (unpaired) electrons. The van der Waals surface area contributed by atoms with E-state index in [1.165, 1.54) is 0 Å². The molecule has 0 atom stereocenters. The third-order valence-electron chi connectivity index (χ3n) is 5.74. The molecule has 0 bridgehead atoms. The summed E-state index contributed by atoms with van der Waals surface area (Å²) in [5, 5.41) is 2.98. The molecule has 8 heteroatoms. The number of hydrogen-bond acceptors (Lipinski definition) is 7. The Balaban J connectivity index is 1.39. The Morgan fingerprint density at radius 2 is 1.90 bits per heavy atom. The first kappa shape index (κ1) is 21.6. The molecule has 2 aliphatic rings. The van der Waals surface area contributed by atoms with E-state index in [0.29, 0.717) is 12.5 Å². The zero-order valence-electron chi connectivity index (χ0n) is 18.4. The van der Waals surface area contributed by atoms with E-state index in [9.17, 15) is 4.79 Å². The Hall–Kier alpha value is -2.61. The number of benzene rings is 1. The average molecular weight is 429 g/mol. The van der Waals surface area contributed by atoms with E-state index in [-0.39, 0.29) is 18.2 Å². The summed E-state index contributed by atoms with van der Waals surface area (Å²) in [6.45, 7) is 7.66. The number of carbonyl (C=O) groups excluding carboxylic acids is 1. The number of rotatable bonds is 6. The first-order valence-corrected chi connectivity index (χ1v) is 11.3.